The highest BCUT2D eigenvalue weighted by Gasteiger charge is 2.44. The molecule has 0 bridgehead atoms. The van der Waals surface area contributed by atoms with Gasteiger partial charge < -0.3 is 29.7 Å². The molecule has 5 aliphatic heterocycles. The van der Waals surface area contributed by atoms with Crippen molar-refractivity contribution in [1.82, 2.24) is 39.9 Å². The molecule has 4 amide bonds. The van der Waals surface area contributed by atoms with Gasteiger partial charge in [0.1, 0.15) is 22.6 Å². The number of anilines is 3. The van der Waals surface area contributed by atoms with Gasteiger partial charge in [-0.2, -0.15) is 4.98 Å². The van der Waals surface area contributed by atoms with Crippen molar-refractivity contribution in [2.45, 2.75) is 88.6 Å². The van der Waals surface area contributed by atoms with Crippen LogP contribution in [0, 0.1) is 5.82 Å². The third kappa shape index (κ3) is 8.87. The Morgan fingerprint density at radius 2 is 1.78 bits per heavy atom. The van der Waals surface area contributed by atoms with Crippen LogP contribution in [-0.4, -0.2) is 130 Å². The summed E-state index contributed by atoms with van der Waals surface area (Å²) in [5.41, 5.74) is 0.873. The van der Waals surface area contributed by atoms with Crippen molar-refractivity contribution in [3.8, 4) is 5.75 Å². The molecule has 5 aliphatic rings. The fraction of sp³-hybridized carbons (Fsp3) is 0.500. The second kappa shape index (κ2) is 17.9. The monoisotopic (exact) mass is 914 g/mol. The topological polar surface area (TPSA) is 174 Å². The summed E-state index contributed by atoms with van der Waals surface area (Å²) < 4.78 is 39.6. The van der Waals surface area contributed by atoms with E-state index in [2.05, 4.69) is 30.7 Å². The quantitative estimate of drug-likeness (QED) is 0.168. The van der Waals surface area contributed by atoms with Gasteiger partial charge >= 0.3 is 0 Å². The van der Waals surface area contributed by atoms with Gasteiger partial charge in [0.2, 0.25) is 17.8 Å². The van der Waals surface area contributed by atoms with Crippen LogP contribution in [0.1, 0.15) is 85.8 Å². The van der Waals surface area contributed by atoms with E-state index in [1.807, 2.05) is 36.9 Å². The van der Waals surface area contributed by atoms with Crippen molar-refractivity contribution >= 4 is 63.6 Å². The molecule has 4 fully saturated rings. The molecule has 9 rings (SSSR count). The van der Waals surface area contributed by atoms with Gasteiger partial charge in [0.05, 0.1) is 18.3 Å². The SMILES string of the molecule is CNC(=O)COc1cc2cc(Nc3nc(N4CCC(F)(CN5CC(N6CCC(c7ccc8c(c7F)CN(C7CCC(=O)NC7=O)C8=O)CC6)C5)CC4)ncc3Cl)ccc2n(C(C)C)c1=O. The van der Waals surface area contributed by atoms with Gasteiger partial charge in [-0.15, -0.1) is 0 Å². The summed E-state index contributed by atoms with van der Waals surface area (Å²) in [5, 5.41) is 9.07. The van der Waals surface area contributed by atoms with Crippen molar-refractivity contribution in [2.24, 2.45) is 0 Å². The lowest BCUT2D eigenvalue weighted by atomic mass is 9.86. The lowest BCUT2D eigenvalue weighted by Gasteiger charge is -2.50. The summed E-state index contributed by atoms with van der Waals surface area (Å²) in [4.78, 5) is 79.5. The molecule has 19 heteroatoms. The number of hydrogen-bond acceptors (Lipinski definition) is 12. The summed E-state index contributed by atoms with van der Waals surface area (Å²) in [7, 11) is 1.50. The number of ether oxygens (including phenoxy) is 1. The molecule has 0 saturated carbocycles. The minimum absolute atomic E-state index is 0.00513. The summed E-state index contributed by atoms with van der Waals surface area (Å²) in [5.74, 6) is -1.11. The van der Waals surface area contributed by atoms with Crippen LogP contribution in [0.2, 0.25) is 5.02 Å². The number of likely N-dealkylation sites (N-methyl/N-ethyl adjacent to an activating group) is 1. The number of fused-ring (bicyclic) bond motifs is 2. The van der Waals surface area contributed by atoms with Crippen LogP contribution in [0.15, 0.2) is 47.4 Å². The number of piperidine rings is 3. The molecule has 1 atom stereocenters. The highest BCUT2D eigenvalue weighted by Crippen LogP contribution is 2.38. The molecule has 2 aromatic carbocycles. The first kappa shape index (κ1) is 44.5. The van der Waals surface area contributed by atoms with Crippen molar-refractivity contribution in [2.75, 3.05) is 69.7 Å². The highest BCUT2D eigenvalue weighted by molar-refractivity contribution is 6.33. The van der Waals surface area contributed by atoms with Crippen molar-refractivity contribution in [3.05, 3.63) is 80.5 Å². The Morgan fingerprint density at radius 1 is 1.03 bits per heavy atom. The molecular weight excluding hydrogens is 862 g/mol. The maximum Gasteiger partial charge on any atom is 0.293 e. The minimum Gasteiger partial charge on any atom is -0.478 e. The number of hydrogen-bond donors (Lipinski definition) is 3. The van der Waals surface area contributed by atoms with Crippen molar-refractivity contribution in [3.63, 3.8) is 0 Å². The number of alkyl halides is 1. The zero-order chi connectivity index (χ0) is 45.7. The van der Waals surface area contributed by atoms with Gasteiger partial charge in [0.15, 0.2) is 18.2 Å². The smallest absolute Gasteiger partial charge is 0.293 e. The number of likely N-dealkylation sites (tertiary alicyclic amines) is 2. The second-order valence-electron chi connectivity index (χ2n) is 18.2. The Hall–Kier alpha value is -5.72. The van der Waals surface area contributed by atoms with Gasteiger partial charge in [-0.05, 0) is 88.0 Å². The van der Waals surface area contributed by atoms with Crippen LogP contribution in [-0.2, 0) is 20.9 Å². The van der Waals surface area contributed by atoms with Gasteiger partial charge in [-0.25, -0.2) is 13.8 Å². The molecule has 1 unspecified atom stereocenters. The first-order valence-electron chi connectivity index (χ1n) is 22.4. The van der Waals surface area contributed by atoms with Gasteiger partial charge in [-0.1, -0.05) is 17.7 Å². The van der Waals surface area contributed by atoms with Crippen LogP contribution in [0.4, 0.5) is 26.2 Å². The highest BCUT2D eigenvalue weighted by atomic mass is 35.5. The first-order valence-corrected chi connectivity index (χ1v) is 22.7. The fourth-order valence-corrected chi connectivity index (χ4v) is 10.2. The van der Waals surface area contributed by atoms with Crippen LogP contribution in [0.5, 0.6) is 5.75 Å². The van der Waals surface area contributed by atoms with E-state index in [1.165, 1.54) is 18.1 Å². The summed E-state index contributed by atoms with van der Waals surface area (Å²) in [6, 6.07) is 9.88. The molecule has 2 aromatic heterocycles. The first-order chi connectivity index (χ1) is 31.2. The molecule has 4 saturated heterocycles. The molecule has 0 spiro atoms. The number of benzene rings is 2. The Morgan fingerprint density at radius 3 is 2.49 bits per heavy atom. The molecule has 344 valence electrons. The largest absolute Gasteiger partial charge is 0.478 e. The van der Waals surface area contributed by atoms with E-state index in [0.29, 0.717) is 83.0 Å². The third-order valence-corrected chi connectivity index (χ3v) is 14.0. The number of rotatable bonds is 12. The van der Waals surface area contributed by atoms with E-state index in [-0.39, 0.29) is 78.4 Å². The number of nitrogens with zero attached hydrogens (tertiary/aromatic N) is 7. The Kier molecular flexibility index (Phi) is 12.3. The standard InChI is InChI=1S/C46H53ClF2N10O6/c1-26(2)59-35-7-4-29(18-28(35)19-37(44(59)64)65-24-39(61)50-3)52-41-34(47)20-51-45(54-41)57-16-12-46(49,13-17-57)25-55-21-30(22-55)56-14-10-27(11-15-56)31-5-6-32-33(40(31)48)23-58(43(32)63)36-8-9-38(60)53-42(36)62/h4-7,18-20,26-27,30,36H,8-17,21-25H2,1-3H3,(H,50,61)(H,51,52,54)(H,53,60,62). The maximum atomic E-state index is 16.4. The van der Waals surface area contributed by atoms with E-state index < -0.39 is 17.6 Å². The van der Waals surface area contributed by atoms with E-state index in [4.69, 9.17) is 21.3 Å². The normalized spacial score (nSPS) is 20.8. The Balaban J connectivity index is 0.760. The molecule has 7 heterocycles. The van der Waals surface area contributed by atoms with Crippen LogP contribution < -0.4 is 31.1 Å². The van der Waals surface area contributed by atoms with Crippen molar-refractivity contribution in [1.29, 1.82) is 0 Å². The molecule has 16 nitrogen and oxygen atoms in total. The maximum absolute atomic E-state index is 16.4. The third-order valence-electron chi connectivity index (χ3n) is 13.7. The molecule has 4 aromatic rings. The number of imide groups is 1. The number of pyridine rings is 1. The number of halogens is 3. The molecule has 0 radical (unpaired) electrons. The van der Waals surface area contributed by atoms with Gasteiger partial charge in [0.25, 0.3) is 17.4 Å². The molecule has 3 N–H and O–H groups in total. The average molecular weight is 915 g/mol. The summed E-state index contributed by atoms with van der Waals surface area (Å²) in [6.45, 7) is 7.89. The number of carbonyl (C=O) groups is 4. The average Bonchev–Trinajstić information content (AvgIpc) is 3.61. The van der Waals surface area contributed by atoms with E-state index >= 15 is 8.78 Å². The number of carbonyl (C=O) groups excluding carboxylic acids is 4. The minimum atomic E-state index is -1.35. The molecular formula is C46H53ClF2N10O6. The zero-order valence-corrected chi connectivity index (χ0v) is 37.4. The van der Waals surface area contributed by atoms with Gasteiger partial charge in [-0.3, -0.25) is 39.1 Å². The predicted octanol–water partition coefficient (Wildman–Crippen LogP) is 4.67. The predicted molar refractivity (Wildman–Crippen MR) is 240 cm³/mol. The van der Waals surface area contributed by atoms with Crippen LogP contribution in [0.3, 0.4) is 0 Å². The van der Waals surface area contributed by atoms with Crippen molar-refractivity contribution < 1.29 is 32.7 Å². The van der Waals surface area contributed by atoms with Crippen LogP contribution in [0.25, 0.3) is 10.9 Å². The number of aromatic nitrogens is 3. The van der Waals surface area contributed by atoms with E-state index in [1.54, 1.807) is 22.8 Å². The lowest BCUT2D eigenvalue weighted by Crippen LogP contribution is -2.63. The van der Waals surface area contributed by atoms with E-state index in [9.17, 15) is 24.0 Å². The molecule has 0 aliphatic carbocycles. The number of amides is 4. The Labute approximate surface area is 379 Å². The van der Waals surface area contributed by atoms with Crippen LogP contribution >= 0.6 is 11.6 Å². The Bertz CT molecular complexity index is 2610. The van der Waals surface area contributed by atoms with E-state index in [0.717, 1.165) is 39.0 Å². The summed E-state index contributed by atoms with van der Waals surface area (Å²) >= 11 is 6.57. The fourth-order valence-electron chi connectivity index (χ4n) is 10.0. The zero-order valence-electron chi connectivity index (χ0n) is 36.7. The second-order valence-corrected chi connectivity index (χ2v) is 18.6. The summed E-state index contributed by atoms with van der Waals surface area (Å²) in [6.07, 6.45) is 4.08. The number of nitrogens with one attached hydrogen (secondary N) is 3. The lowest BCUT2D eigenvalue weighted by molar-refractivity contribution is -0.137. The molecule has 65 heavy (non-hydrogen) atoms. The van der Waals surface area contributed by atoms with Gasteiger partial charge in [0, 0.05) is 93.3 Å².